The number of amides is 1. The lowest BCUT2D eigenvalue weighted by Crippen LogP contribution is -2.50. The van der Waals surface area contributed by atoms with Gasteiger partial charge in [-0.1, -0.05) is 6.07 Å². The minimum absolute atomic E-state index is 0.182. The minimum Gasteiger partial charge on any atom is -0.343 e. The van der Waals surface area contributed by atoms with Gasteiger partial charge in [-0.3, -0.25) is 9.69 Å². The molecule has 1 aliphatic rings. The molecule has 0 aromatic carbocycles. The van der Waals surface area contributed by atoms with Gasteiger partial charge in [-0.15, -0.1) is 11.3 Å². The first-order chi connectivity index (χ1) is 7.72. The van der Waals surface area contributed by atoms with Crippen molar-refractivity contribution in [2.24, 2.45) is 5.73 Å². The highest BCUT2D eigenvalue weighted by atomic mass is 32.1. The first kappa shape index (κ1) is 11.6. The summed E-state index contributed by atoms with van der Waals surface area (Å²) in [5.41, 5.74) is 5.82. The van der Waals surface area contributed by atoms with Crippen molar-refractivity contribution >= 4 is 17.2 Å². The monoisotopic (exact) mass is 239 g/mol. The van der Waals surface area contributed by atoms with E-state index in [9.17, 15) is 4.79 Å². The summed E-state index contributed by atoms with van der Waals surface area (Å²) in [7, 11) is 1.85. The maximum Gasteiger partial charge on any atom is 0.236 e. The van der Waals surface area contributed by atoms with Gasteiger partial charge >= 0.3 is 0 Å². The van der Waals surface area contributed by atoms with Crippen LogP contribution < -0.4 is 5.73 Å². The summed E-state index contributed by atoms with van der Waals surface area (Å²) in [4.78, 5) is 16.8. The largest absolute Gasteiger partial charge is 0.343 e. The van der Waals surface area contributed by atoms with E-state index in [4.69, 9.17) is 5.73 Å². The van der Waals surface area contributed by atoms with Crippen LogP contribution in [0.5, 0.6) is 0 Å². The number of carbonyl (C=O) groups is 1. The van der Waals surface area contributed by atoms with Gasteiger partial charge < -0.3 is 10.6 Å². The molecule has 16 heavy (non-hydrogen) atoms. The van der Waals surface area contributed by atoms with Crippen molar-refractivity contribution in [1.29, 1.82) is 0 Å². The number of nitrogens with zero attached hydrogens (tertiary/aromatic N) is 2. The number of likely N-dealkylation sites (N-methyl/N-ethyl adjacent to an activating group) is 1. The molecule has 0 saturated carbocycles. The van der Waals surface area contributed by atoms with E-state index >= 15 is 0 Å². The van der Waals surface area contributed by atoms with E-state index in [-0.39, 0.29) is 11.9 Å². The van der Waals surface area contributed by atoms with Crippen LogP contribution in [0.25, 0.3) is 0 Å². The van der Waals surface area contributed by atoms with Gasteiger partial charge in [-0.25, -0.2) is 0 Å². The molecule has 0 spiro atoms. The summed E-state index contributed by atoms with van der Waals surface area (Å²) in [6.07, 6.45) is 0. The van der Waals surface area contributed by atoms with E-state index in [1.807, 2.05) is 13.1 Å². The van der Waals surface area contributed by atoms with E-state index in [1.165, 1.54) is 4.88 Å². The van der Waals surface area contributed by atoms with E-state index in [0.29, 0.717) is 13.1 Å². The van der Waals surface area contributed by atoms with Crippen LogP contribution in [0.3, 0.4) is 0 Å². The van der Waals surface area contributed by atoms with Crippen molar-refractivity contribution in [3.8, 4) is 0 Å². The summed E-state index contributed by atoms with van der Waals surface area (Å²) >= 11 is 1.70. The van der Waals surface area contributed by atoms with Crippen LogP contribution in [0.2, 0.25) is 0 Å². The maximum absolute atomic E-state index is 11.6. The Morgan fingerprint density at radius 3 is 2.94 bits per heavy atom. The molecular formula is C11H17N3OS. The fourth-order valence-corrected chi connectivity index (χ4v) is 2.84. The summed E-state index contributed by atoms with van der Waals surface area (Å²) in [5, 5.41) is 2.05. The molecular weight excluding hydrogens is 222 g/mol. The number of rotatable bonds is 3. The van der Waals surface area contributed by atoms with E-state index < -0.39 is 0 Å². The first-order valence-electron chi connectivity index (χ1n) is 5.44. The molecule has 1 aromatic heterocycles. The second-order valence-corrected chi connectivity index (χ2v) is 5.03. The zero-order chi connectivity index (χ0) is 11.5. The molecule has 88 valence electrons. The average molecular weight is 239 g/mol. The molecule has 0 aliphatic carbocycles. The molecule has 4 nitrogen and oxygen atoms in total. The lowest BCUT2D eigenvalue weighted by atomic mass is 10.1. The lowest BCUT2D eigenvalue weighted by molar-refractivity contribution is -0.135. The van der Waals surface area contributed by atoms with Crippen LogP contribution in [-0.2, 0) is 4.79 Å². The quantitative estimate of drug-likeness (QED) is 0.836. The van der Waals surface area contributed by atoms with Crippen molar-refractivity contribution < 1.29 is 4.79 Å². The third-order valence-corrected chi connectivity index (χ3v) is 4.00. The van der Waals surface area contributed by atoms with E-state index in [0.717, 1.165) is 13.1 Å². The third kappa shape index (κ3) is 2.26. The molecule has 1 aromatic rings. The Hall–Kier alpha value is -0.910. The molecule has 2 heterocycles. The Labute approximate surface area is 99.6 Å². The highest BCUT2D eigenvalue weighted by Gasteiger charge is 2.27. The normalized spacial score (nSPS) is 20.1. The predicted octanol–water partition coefficient (Wildman–Crippen LogP) is 0.522. The number of hydrogen-bond donors (Lipinski definition) is 1. The third-order valence-electron chi connectivity index (χ3n) is 3.02. The Morgan fingerprint density at radius 2 is 2.38 bits per heavy atom. The zero-order valence-electron chi connectivity index (χ0n) is 9.43. The Balaban J connectivity index is 2.08. The van der Waals surface area contributed by atoms with Gasteiger partial charge in [-0.05, 0) is 11.4 Å². The molecule has 1 atom stereocenters. The average Bonchev–Trinajstić information content (AvgIpc) is 2.78. The van der Waals surface area contributed by atoms with Crippen molar-refractivity contribution in [1.82, 2.24) is 9.80 Å². The molecule has 1 fully saturated rings. The number of nitrogens with two attached hydrogens (primary N) is 1. The van der Waals surface area contributed by atoms with Crippen LogP contribution in [0, 0.1) is 0 Å². The second-order valence-electron chi connectivity index (χ2n) is 4.05. The van der Waals surface area contributed by atoms with Gasteiger partial charge in [0.25, 0.3) is 0 Å². The molecule has 0 radical (unpaired) electrons. The summed E-state index contributed by atoms with van der Waals surface area (Å²) in [6, 6.07) is 4.31. The smallest absolute Gasteiger partial charge is 0.236 e. The topological polar surface area (TPSA) is 49.6 Å². The molecule has 1 saturated heterocycles. The summed E-state index contributed by atoms with van der Waals surface area (Å²) in [6.45, 7) is 2.75. The van der Waals surface area contributed by atoms with Crippen molar-refractivity contribution in [3.05, 3.63) is 22.4 Å². The van der Waals surface area contributed by atoms with Gasteiger partial charge in [0.15, 0.2) is 0 Å². The molecule has 0 bridgehead atoms. The van der Waals surface area contributed by atoms with Crippen LogP contribution in [0.15, 0.2) is 17.5 Å². The lowest BCUT2D eigenvalue weighted by Gasteiger charge is -2.36. The molecule has 2 rings (SSSR count). The molecule has 1 aliphatic heterocycles. The van der Waals surface area contributed by atoms with Crippen molar-refractivity contribution in [2.45, 2.75) is 6.04 Å². The van der Waals surface area contributed by atoms with Gasteiger partial charge in [-0.2, -0.15) is 0 Å². The summed E-state index contributed by atoms with van der Waals surface area (Å²) in [5.74, 6) is 0.182. The molecule has 5 heteroatoms. The van der Waals surface area contributed by atoms with Gasteiger partial charge in [0.05, 0.1) is 12.6 Å². The van der Waals surface area contributed by atoms with Gasteiger partial charge in [0, 0.05) is 31.6 Å². The van der Waals surface area contributed by atoms with Crippen LogP contribution in [0.4, 0.5) is 0 Å². The van der Waals surface area contributed by atoms with Crippen molar-refractivity contribution in [3.63, 3.8) is 0 Å². The maximum atomic E-state index is 11.6. The zero-order valence-corrected chi connectivity index (χ0v) is 10.2. The van der Waals surface area contributed by atoms with Crippen molar-refractivity contribution in [2.75, 3.05) is 33.2 Å². The van der Waals surface area contributed by atoms with Gasteiger partial charge in [0.1, 0.15) is 0 Å². The Bertz CT molecular complexity index is 352. The van der Waals surface area contributed by atoms with E-state index in [2.05, 4.69) is 16.3 Å². The number of hydrogen-bond acceptors (Lipinski definition) is 4. The minimum atomic E-state index is 0.182. The fourth-order valence-electron chi connectivity index (χ4n) is 1.97. The van der Waals surface area contributed by atoms with Gasteiger partial charge in [0.2, 0.25) is 5.91 Å². The predicted molar refractivity (Wildman–Crippen MR) is 65.3 cm³/mol. The highest BCUT2D eigenvalue weighted by molar-refractivity contribution is 7.10. The molecule has 2 N–H and O–H groups in total. The summed E-state index contributed by atoms with van der Waals surface area (Å²) < 4.78 is 0. The molecule has 1 unspecified atom stereocenters. The Kier molecular flexibility index (Phi) is 3.58. The first-order valence-corrected chi connectivity index (χ1v) is 6.32. The van der Waals surface area contributed by atoms with Crippen LogP contribution in [0.1, 0.15) is 10.9 Å². The second kappa shape index (κ2) is 4.95. The number of thiophene rings is 1. The SMILES string of the molecule is CN1CCN(C(CN)c2cccs2)CC1=O. The highest BCUT2D eigenvalue weighted by Crippen LogP contribution is 2.25. The number of carbonyl (C=O) groups excluding carboxylic acids is 1. The standard InChI is InChI=1S/C11H17N3OS/c1-13-4-5-14(8-11(13)15)9(7-12)10-3-2-6-16-10/h2-3,6,9H,4-5,7-8,12H2,1H3. The Morgan fingerprint density at radius 1 is 1.56 bits per heavy atom. The number of piperazine rings is 1. The molecule has 1 amide bonds. The fraction of sp³-hybridized carbons (Fsp3) is 0.545. The van der Waals surface area contributed by atoms with Crippen LogP contribution >= 0.6 is 11.3 Å². The van der Waals surface area contributed by atoms with Crippen LogP contribution in [-0.4, -0.2) is 48.9 Å². The van der Waals surface area contributed by atoms with E-state index in [1.54, 1.807) is 16.2 Å².